The minimum atomic E-state index is -4.88. The zero-order chi connectivity index (χ0) is 29.8. The largest absolute Gasteiger partial charge is 0.417 e. The highest BCUT2D eigenvalue weighted by molar-refractivity contribution is 7.93. The van der Waals surface area contributed by atoms with Gasteiger partial charge in [-0.3, -0.25) is 13.8 Å². The minimum Gasteiger partial charge on any atom is -0.325 e. The lowest BCUT2D eigenvalue weighted by molar-refractivity contribution is -0.137. The molecular weight excluding hydrogens is 603 g/mol. The lowest BCUT2D eigenvalue weighted by atomic mass is 10.2. The van der Waals surface area contributed by atoms with Gasteiger partial charge >= 0.3 is 6.18 Å². The van der Waals surface area contributed by atoms with Gasteiger partial charge in [0, 0.05) is 11.4 Å². The average Bonchev–Trinajstić information content (AvgIpc) is 2.92. The highest BCUT2D eigenvalue weighted by Gasteiger charge is 2.35. The number of halogens is 4. The molecule has 0 heterocycles. The summed E-state index contributed by atoms with van der Waals surface area (Å²) in [5.41, 5.74) is -1.24. The summed E-state index contributed by atoms with van der Waals surface area (Å²) in [5.74, 6) is -0.897. The number of para-hydroxylation sites is 1. The van der Waals surface area contributed by atoms with Gasteiger partial charge in [0.15, 0.2) is 0 Å². The van der Waals surface area contributed by atoms with Crippen LogP contribution in [-0.2, 0) is 31.0 Å². The van der Waals surface area contributed by atoms with Crippen LogP contribution in [0.4, 0.5) is 30.2 Å². The first-order chi connectivity index (χ1) is 19.3. The molecule has 0 fully saturated rings. The van der Waals surface area contributed by atoms with Crippen LogP contribution in [-0.4, -0.2) is 29.3 Å². The number of nitrogens with one attached hydrogen (secondary N) is 2. The topological polar surface area (TPSA) is 113 Å². The molecule has 0 radical (unpaired) electrons. The van der Waals surface area contributed by atoms with Crippen LogP contribution >= 0.6 is 11.6 Å². The molecule has 0 atom stereocenters. The van der Waals surface area contributed by atoms with Crippen molar-refractivity contribution in [2.75, 3.05) is 20.9 Å². The molecule has 14 heteroatoms. The van der Waals surface area contributed by atoms with E-state index in [2.05, 4.69) is 10.0 Å². The number of alkyl halides is 3. The summed E-state index contributed by atoms with van der Waals surface area (Å²) in [6.07, 6.45) is -4.88. The van der Waals surface area contributed by atoms with E-state index in [1.54, 1.807) is 36.4 Å². The highest BCUT2D eigenvalue weighted by Crippen LogP contribution is 2.38. The molecule has 214 valence electrons. The van der Waals surface area contributed by atoms with E-state index >= 15 is 0 Å². The molecule has 0 unspecified atom stereocenters. The van der Waals surface area contributed by atoms with Gasteiger partial charge in [-0.1, -0.05) is 48.0 Å². The number of anilines is 3. The van der Waals surface area contributed by atoms with Crippen molar-refractivity contribution < 1.29 is 34.8 Å². The second kappa shape index (κ2) is 11.8. The van der Waals surface area contributed by atoms with Crippen molar-refractivity contribution in [2.45, 2.75) is 16.0 Å². The summed E-state index contributed by atoms with van der Waals surface area (Å²) in [6.45, 7) is -0.897. The monoisotopic (exact) mass is 623 g/mol. The Morgan fingerprint density at radius 3 is 1.93 bits per heavy atom. The molecule has 4 aromatic rings. The van der Waals surface area contributed by atoms with Gasteiger partial charge in [-0.15, -0.1) is 0 Å². The van der Waals surface area contributed by atoms with Gasteiger partial charge in [-0.25, -0.2) is 16.8 Å². The van der Waals surface area contributed by atoms with Crippen LogP contribution in [0.3, 0.4) is 0 Å². The molecule has 8 nitrogen and oxygen atoms in total. The second-order valence-corrected chi connectivity index (χ2v) is 12.5. The van der Waals surface area contributed by atoms with Gasteiger partial charge in [0.05, 0.1) is 26.1 Å². The van der Waals surface area contributed by atoms with Crippen molar-refractivity contribution in [2.24, 2.45) is 0 Å². The smallest absolute Gasteiger partial charge is 0.325 e. The highest BCUT2D eigenvalue weighted by atomic mass is 35.5. The van der Waals surface area contributed by atoms with Crippen molar-refractivity contribution in [3.8, 4) is 0 Å². The maximum atomic E-state index is 13.5. The van der Waals surface area contributed by atoms with Gasteiger partial charge in [-0.05, 0) is 66.7 Å². The maximum Gasteiger partial charge on any atom is 0.417 e. The van der Waals surface area contributed by atoms with Gasteiger partial charge in [0.25, 0.3) is 20.0 Å². The third-order valence-electron chi connectivity index (χ3n) is 5.64. The molecule has 0 bridgehead atoms. The normalized spacial score (nSPS) is 12.0. The van der Waals surface area contributed by atoms with Crippen LogP contribution in [0.1, 0.15) is 5.56 Å². The van der Waals surface area contributed by atoms with Crippen molar-refractivity contribution in [3.63, 3.8) is 0 Å². The van der Waals surface area contributed by atoms with Crippen molar-refractivity contribution in [1.29, 1.82) is 0 Å². The Morgan fingerprint density at radius 1 is 0.756 bits per heavy atom. The molecule has 0 aliphatic rings. The molecule has 0 saturated carbocycles. The zero-order valence-corrected chi connectivity index (χ0v) is 23.2. The Bertz CT molecular complexity index is 1750. The summed E-state index contributed by atoms with van der Waals surface area (Å²) in [7, 11) is -8.43. The van der Waals surface area contributed by atoms with Gasteiger partial charge in [0.1, 0.15) is 6.54 Å². The van der Waals surface area contributed by atoms with Crippen molar-refractivity contribution in [1.82, 2.24) is 0 Å². The second-order valence-electron chi connectivity index (χ2n) is 8.53. The molecule has 41 heavy (non-hydrogen) atoms. The van der Waals surface area contributed by atoms with Crippen LogP contribution in [0.25, 0.3) is 0 Å². The van der Waals surface area contributed by atoms with E-state index in [0.29, 0.717) is 16.1 Å². The quantitative estimate of drug-likeness (QED) is 0.238. The SMILES string of the molecule is O=C(CN(c1ccc(Cl)c(C(F)(F)F)c1)S(=O)(=O)c1ccccc1)Nc1ccc(S(=O)(=O)Nc2ccccc2)cc1. The molecule has 4 aromatic carbocycles. The number of amides is 1. The van der Waals surface area contributed by atoms with Crippen molar-refractivity contribution >= 4 is 54.6 Å². The Balaban J connectivity index is 1.59. The first kappa shape index (κ1) is 29.9. The molecule has 0 aromatic heterocycles. The number of rotatable bonds is 9. The van der Waals surface area contributed by atoms with Crippen LogP contribution in [0, 0.1) is 0 Å². The molecule has 0 aliphatic heterocycles. The predicted octanol–water partition coefficient (Wildman–Crippen LogP) is 5.99. The van der Waals surface area contributed by atoms with Crippen molar-refractivity contribution in [3.05, 3.63) is 114 Å². The van der Waals surface area contributed by atoms with Crippen LogP contribution in [0.5, 0.6) is 0 Å². The number of hydrogen-bond acceptors (Lipinski definition) is 5. The summed E-state index contributed by atoms with van der Waals surface area (Å²) >= 11 is 5.71. The maximum absolute atomic E-state index is 13.5. The Labute approximate surface area is 239 Å². The molecule has 1 amide bonds. The van der Waals surface area contributed by atoms with E-state index in [0.717, 1.165) is 12.1 Å². The number of sulfonamides is 2. The fourth-order valence-electron chi connectivity index (χ4n) is 3.69. The van der Waals surface area contributed by atoms with E-state index in [-0.39, 0.29) is 15.5 Å². The Kier molecular flexibility index (Phi) is 8.61. The van der Waals surface area contributed by atoms with Gasteiger partial charge < -0.3 is 5.32 Å². The fraction of sp³-hybridized carbons (Fsp3) is 0.0741. The molecule has 0 spiro atoms. The number of carbonyl (C=O) groups excluding carboxylic acids is 1. The van der Waals surface area contributed by atoms with E-state index in [1.807, 2.05) is 0 Å². The molecule has 4 rings (SSSR count). The van der Waals surface area contributed by atoms with E-state index in [4.69, 9.17) is 11.6 Å². The number of nitrogens with zero attached hydrogens (tertiary/aromatic N) is 1. The van der Waals surface area contributed by atoms with E-state index in [1.165, 1.54) is 48.5 Å². The lowest BCUT2D eigenvalue weighted by Crippen LogP contribution is -2.38. The number of hydrogen-bond donors (Lipinski definition) is 2. The predicted molar refractivity (Wildman–Crippen MR) is 150 cm³/mol. The molecule has 2 N–H and O–H groups in total. The number of benzene rings is 4. The summed E-state index contributed by atoms with van der Waals surface area (Å²) in [6, 6.07) is 22.6. The van der Waals surface area contributed by atoms with Crippen LogP contribution in [0.2, 0.25) is 5.02 Å². The lowest BCUT2D eigenvalue weighted by Gasteiger charge is -2.25. The van der Waals surface area contributed by atoms with Gasteiger partial charge in [-0.2, -0.15) is 13.2 Å². The molecule has 0 saturated heterocycles. The summed E-state index contributed by atoms with van der Waals surface area (Å²) < 4.78 is 95.7. The summed E-state index contributed by atoms with van der Waals surface area (Å²) in [5, 5.41) is 1.80. The average molecular weight is 624 g/mol. The zero-order valence-electron chi connectivity index (χ0n) is 20.8. The summed E-state index contributed by atoms with van der Waals surface area (Å²) in [4.78, 5) is 12.6. The molecular formula is C27H21ClF3N3O5S2. The van der Waals surface area contributed by atoms with E-state index in [9.17, 15) is 34.8 Å². The standard InChI is InChI=1S/C27H21ClF3N3O5S2/c28-25-16-13-21(17-24(25)27(29,30)31)34(41(38,39)23-9-5-2-6-10-23)18-26(35)32-19-11-14-22(15-12-19)40(36,37)33-20-7-3-1-4-8-20/h1-17,33H,18H2,(H,32,35). The van der Waals surface area contributed by atoms with Gasteiger partial charge in [0.2, 0.25) is 5.91 Å². The van der Waals surface area contributed by atoms with Crippen LogP contribution < -0.4 is 14.3 Å². The fourth-order valence-corrected chi connectivity index (χ4v) is 6.41. The first-order valence-corrected chi connectivity index (χ1v) is 15.0. The first-order valence-electron chi connectivity index (χ1n) is 11.7. The molecule has 0 aliphatic carbocycles. The number of carbonyl (C=O) groups is 1. The van der Waals surface area contributed by atoms with E-state index < -0.39 is 54.9 Å². The Hall–Kier alpha value is -4.07. The third kappa shape index (κ3) is 7.17. The van der Waals surface area contributed by atoms with Crippen LogP contribution in [0.15, 0.2) is 113 Å². The minimum absolute atomic E-state index is 0.103. The Morgan fingerprint density at radius 2 is 1.34 bits per heavy atom. The third-order valence-corrected chi connectivity index (χ3v) is 9.15.